The molecular weight excluding hydrogens is 232 g/mol. The lowest BCUT2D eigenvalue weighted by Crippen LogP contribution is -2.04. The Balaban J connectivity index is 2.02. The largest absolute Gasteiger partial charge is 0.364 e. The highest BCUT2D eigenvalue weighted by Crippen LogP contribution is 2.11. The molecule has 88 valence electrons. The van der Waals surface area contributed by atoms with Crippen molar-refractivity contribution in [1.29, 1.82) is 0 Å². The molecule has 0 aliphatic carbocycles. The molecule has 17 heavy (non-hydrogen) atoms. The van der Waals surface area contributed by atoms with Crippen molar-refractivity contribution in [2.24, 2.45) is 0 Å². The molecule has 0 aromatic carbocycles. The fourth-order valence-corrected chi connectivity index (χ4v) is 1.77. The van der Waals surface area contributed by atoms with Crippen LogP contribution in [0, 0.1) is 6.92 Å². The van der Waals surface area contributed by atoms with Crippen molar-refractivity contribution in [2.45, 2.75) is 18.6 Å². The van der Waals surface area contributed by atoms with Crippen LogP contribution in [0.15, 0.2) is 35.6 Å². The fraction of sp³-hybridized carbons (Fsp3) is 0.250. The van der Waals surface area contributed by atoms with E-state index in [1.807, 2.05) is 37.4 Å². The molecule has 2 rings (SSSR count). The molecule has 2 aromatic rings. The van der Waals surface area contributed by atoms with Crippen LogP contribution in [0.5, 0.6) is 0 Å². The van der Waals surface area contributed by atoms with Gasteiger partial charge in [0.15, 0.2) is 5.16 Å². The van der Waals surface area contributed by atoms with Crippen molar-refractivity contribution in [3.05, 3.63) is 41.9 Å². The van der Waals surface area contributed by atoms with Gasteiger partial charge in [0.05, 0.1) is 12.2 Å². The van der Waals surface area contributed by atoms with Gasteiger partial charge in [0, 0.05) is 11.9 Å². The number of aryl methyl sites for hydroxylation is 1. The number of nitrogens with one attached hydrogen (secondary N) is 1. The van der Waals surface area contributed by atoms with Gasteiger partial charge in [0.25, 0.3) is 0 Å². The SMILES string of the molecule is CSc1nccc(NCc2cccc(C)n2)n1. The highest BCUT2D eigenvalue weighted by molar-refractivity contribution is 7.98. The summed E-state index contributed by atoms with van der Waals surface area (Å²) in [6.07, 6.45) is 3.71. The van der Waals surface area contributed by atoms with Gasteiger partial charge in [0.1, 0.15) is 5.82 Å². The van der Waals surface area contributed by atoms with Crippen LogP contribution in [0.4, 0.5) is 5.82 Å². The smallest absolute Gasteiger partial charge is 0.189 e. The van der Waals surface area contributed by atoms with E-state index in [-0.39, 0.29) is 0 Å². The van der Waals surface area contributed by atoms with Gasteiger partial charge < -0.3 is 5.32 Å². The Kier molecular flexibility index (Phi) is 3.93. The normalized spacial score (nSPS) is 10.2. The fourth-order valence-electron chi connectivity index (χ4n) is 1.42. The lowest BCUT2D eigenvalue weighted by molar-refractivity contribution is 0.941. The average Bonchev–Trinajstić information content (AvgIpc) is 2.37. The number of pyridine rings is 1. The molecule has 0 unspecified atom stereocenters. The Morgan fingerprint density at radius 3 is 2.88 bits per heavy atom. The summed E-state index contributed by atoms with van der Waals surface area (Å²) < 4.78 is 0. The molecule has 0 fully saturated rings. The van der Waals surface area contributed by atoms with Gasteiger partial charge in [-0.15, -0.1) is 0 Å². The second-order valence-corrected chi connectivity index (χ2v) is 4.33. The van der Waals surface area contributed by atoms with Crippen LogP contribution in [-0.4, -0.2) is 21.2 Å². The van der Waals surface area contributed by atoms with Crippen molar-refractivity contribution in [2.75, 3.05) is 11.6 Å². The van der Waals surface area contributed by atoms with E-state index in [0.717, 1.165) is 22.4 Å². The number of rotatable bonds is 4. The van der Waals surface area contributed by atoms with Crippen molar-refractivity contribution < 1.29 is 0 Å². The second-order valence-electron chi connectivity index (χ2n) is 3.55. The van der Waals surface area contributed by atoms with E-state index in [1.54, 1.807) is 6.20 Å². The third-order valence-electron chi connectivity index (χ3n) is 2.21. The first-order valence-corrected chi connectivity index (χ1v) is 6.54. The summed E-state index contributed by atoms with van der Waals surface area (Å²) in [6, 6.07) is 7.85. The summed E-state index contributed by atoms with van der Waals surface area (Å²) >= 11 is 1.53. The zero-order chi connectivity index (χ0) is 12.1. The molecule has 0 atom stereocenters. The summed E-state index contributed by atoms with van der Waals surface area (Å²) in [4.78, 5) is 12.9. The Morgan fingerprint density at radius 2 is 2.12 bits per heavy atom. The lowest BCUT2D eigenvalue weighted by atomic mass is 10.3. The minimum Gasteiger partial charge on any atom is -0.364 e. The highest BCUT2D eigenvalue weighted by atomic mass is 32.2. The van der Waals surface area contributed by atoms with E-state index >= 15 is 0 Å². The average molecular weight is 246 g/mol. The van der Waals surface area contributed by atoms with Gasteiger partial charge in [0.2, 0.25) is 0 Å². The van der Waals surface area contributed by atoms with Gasteiger partial charge in [-0.1, -0.05) is 17.8 Å². The molecule has 0 spiro atoms. The molecule has 0 aliphatic rings. The van der Waals surface area contributed by atoms with Crippen LogP contribution < -0.4 is 5.32 Å². The number of thioether (sulfide) groups is 1. The zero-order valence-corrected chi connectivity index (χ0v) is 10.7. The Bertz CT molecular complexity index is 501. The maximum atomic E-state index is 4.42. The third kappa shape index (κ3) is 3.42. The molecule has 0 aliphatic heterocycles. The number of hydrogen-bond acceptors (Lipinski definition) is 5. The molecule has 0 radical (unpaired) electrons. The Morgan fingerprint density at radius 1 is 1.24 bits per heavy atom. The van der Waals surface area contributed by atoms with Gasteiger partial charge >= 0.3 is 0 Å². The standard InChI is InChI=1S/C12H14N4S/c1-9-4-3-5-10(15-9)8-14-11-6-7-13-12(16-11)17-2/h3-7H,8H2,1-2H3,(H,13,14,16). The molecule has 0 amide bonds. The predicted molar refractivity (Wildman–Crippen MR) is 70.1 cm³/mol. The van der Waals surface area contributed by atoms with Crippen LogP contribution in [0.1, 0.15) is 11.4 Å². The van der Waals surface area contributed by atoms with E-state index < -0.39 is 0 Å². The van der Waals surface area contributed by atoms with Crippen molar-refractivity contribution in [3.63, 3.8) is 0 Å². The third-order valence-corrected chi connectivity index (χ3v) is 2.77. The number of aromatic nitrogens is 3. The quantitative estimate of drug-likeness (QED) is 0.663. The maximum absolute atomic E-state index is 4.42. The number of hydrogen-bond donors (Lipinski definition) is 1. The number of nitrogens with zero attached hydrogens (tertiary/aromatic N) is 3. The molecule has 0 bridgehead atoms. The molecule has 2 aromatic heterocycles. The summed E-state index contributed by atoms with van der Waals surface area (Å²) in [5.41, 5.74) is 2.03. The van der Waals surface area contributed by atoms with Crippen LogP contribution in [0.3, 0.4) is 0 Å². The number of anilines is 1. The van der Waals surface area contributed by atoms with Crippen LogP contribution >= 0.6 is 11.8 Å². The van der Waals surface area contributed by atoms with Gasteiger partial charge in [-0.05, 0) is 31.4 Å². The van der Waals surface area contributed by atoms with Gasteiger partial charge in [-0.2, -0.15) is 0 Å². The molecule has 0 saturated heterocycles. The molecule has 1 N–H and O–H groups in total. The molecule has 4 nitrogen and oxygen atoms in total. The van der Waals surface area contributed by atoms with E-state index in [0.29, 0.717) is 6.54 Å². The van der Waals surface area contributed by atoms with Gasteiger partial charge in [-0.25, -0.2) is 9.97 Å². The summed E-state index contributed by atoms with van der Waals surface area (Å²) in [7, 11) is 0. The Hall–Kier alpha value is -1.62. The van der Waals surface area contributed by atoms with E-state index in [9.17, 15) is 0 Å². The van der Waals surface area contributed by atoms with E-state index in [2.05, 4.69) is 20.3 Å². The van der Waals surface area contributed by atoms with Crippen molar-refractivity contribution in [1.82, 2.24) is 15.0 Å². The first-order chi connectivity index (χ1) is 8.28. The maximum Gasteiger partial charge on any atom is 0.189 e. The zero-order valence-electron chi connectivity index (χ0n) is 9.84. The first-order valence-electron chi connectivity index (χ1n) is 5.31. The Labute approximate surface area is 105 Å². The topological polar surface area (TPSA) is 50.7 Å². The minimum atomic E-state index is 0.673. The second kappa shape index (κ2) is 5.63. The highest BCUT2D eigenvalue weighted by Gasteiger charge is 1.99. The molecule has 5 heteroatoms. The van der Waals surface area contributed by atoms with Crippen LogP contribution in [-0.2, 0) is 6.54 Å². The molecule has 2 heterocycles. The summed E-state index contributed by atoms with van der Waals surface area (Å²) in [5, 5.41) is 4.01. The van der Waals surface area contributed by atoms with Gasteiger partial charge in [-0.3, -0.25) is 4.98 Å². The van der Waals surface area contributed by atoms with Crippen LogP contribution in [0.2, 0.25) is 0 Å². The predicted octanol–water partition coefficient (Wildman–Crippen LogP) is 2.51. The van der Waals surface area contributed by atoms with E-state index in [4.69, 9.17) is 0 Å². The molecular formula is C12H14N4S. The first kappa shape index (κ1) is 11.9. The monoisotopic (exact) mass is 246 g/mol. The minimum absolute atomic E-state index is 0.673. The van der Waals surface area contributed by atoms with Crippen molar-refractivity contribution >= 4 is 17.6 Å². The molecule has 0 saturated carbocycles. The van der Waals surface area contributed by atoms with Crippen LogP contribution in [0.25, 0.3) is 0 Å². The summed E-state index contributed by atoms with van der Waals surface area (Å²) in [5.74, 6) is 0.827. The lowest BCUT2D eigenvalue weighted by Gasteiger charge is -2.06. The van der Waals surface area contributed by atoms with Crippen molar-refractivity contribution in [3.8, 4) is 0 Å². The summed E-state index contributed by atoms with van der Waals surface area (Å²) in [6.45, 7) is 2.66. The van der Waals surface area contributed by atoms with E-state index in [1.165, 1.54) is 11.8 Å².